The normalized spacial score (nSPS) is 14.4. The minimum atomic E-state index is -2.88. The molecular formula is C12H14F3NOS. The van der Waals surface area contributed by atoms with Crippen LogP contribution in [0.25, 0.3) is 0 Å². The first-order valence-electron chi connectivity index (χ1n) is 5.26. The molecule has 1 atom stereocenters. The van der Waals surface area contributed by atoms with Crippen molar-refractivity contribution in [3.63, 3.8) is 0 Å². The molecule has 0 bridgehead atoms. The molecule has 0 spiro atoms. The highest BCUT2D eigenvalue weighted by atomic mass is 32.2. The zero-order chi connectivity index (χ0) is 13.9. The second kappa shape index (κ2) is 5.65. The Morgan fingerprint density at radius 1 is 1.33 bits per heavy atom. The average molecular weight is 277 g/mol. The van der Waals surface area contributed by atoms with Crippen molar-refractivity contribution in [2.24, 2.45) is 4.40 Å². The van der Waals surface area contributed by atoms with E-state index in [2.05, 4.69) is 4.40 Å². The monoisotopic (exact) mass is 277 g/mol. The summed E-state index contributed by atoms with van der Waals surface area (Å²) >= 11 is 0. The number of nitrogens with zero attached hydrogens (tertiary/aromatic N) is 1. The van der Waals surface area contributed by atoms with E-state index in [4.69, 9.17) is 0 Å². The lowest BCUT2D eigenvalue weighted by Gasteiger charge is -2.12. The summed E-state index contributed by atoms with van der Waals surface area (Å²) in [6.07, 6.45) is -1.85. The van der Waals surface area contributed by atoms with E-state index in [9.17, 15) is 17.4 Å². The van der Waals surface area contributed by atoms with E-state index in [1.165, 1.54) is 12.1 Å². The van der Waals surface area contributed by atoms with E-state index in [0.717, 1.165) is 12.3 Å². The van der Waals surface area contributed by atoms with Crippen LogP contribution in [-0.2, 0) is 11.0 Å². The van der Waals surface area contributed by atoms with Gasteiger partial charge in [-0.25, -0.2) is 17.4 Å². The van der Waals surface area contributed by atoms with Crippen molar-refractivity contribution in [3.8, 4) is 0 Å². The second-order valence-electron chi connectivity index (χ2n) is 4.65. The molecule has 1 aromatic carbocycles. The zero-order valence-corrected chi connectivity index (χ0v) is 11.1. The van der Waals surface area contributed by atoms with E-state index in [1.54, 1.807) is 20.8 Å². The first-order valence-corrected chi connectivity index (χ1v) is 6.37. The van der Waals surface area contributed by atoms with Crippen LogP contribution in [0.2, 0.25) is 0 Å². The minimum absolute atomic E-state index is 0.0922. The number of hydrogen-bond donors (Lipinski definition) is 0. The molecule has 0 aliphatic rings. The van der Waals surface area contributed by atoms with Crippen LogP contribution in [0, 0.1) is 5.82 Å². The van der Waals surface area contributed by atoms with Gasteiger partial charge in [0.2, 0.25) is 0 Å². The molecule has 0 fully saturated rings. The van der Waals surface area contributed by atoms with Gasteiger partial charge < -0.3 is 0 Å². The number of benzene rings is 1. The summed E-state index contributed by atoms with van der Waals surface area (Å²) in [6, 6.07) is 3.63. The molecule has 6 heteroatoms. The van der Waals surface area contributed by atoms with Gasteiger partial charge in [0.25, 0.3) is 6.43 Å². The molecule has 0 amide bonds. The van der Waals surface area contributed by atoms with Gasteiger partial charge in [0, 0.05) is 11.8 Å². The van der Waals surface area contributed by atoms with Crippen molar-refractivity contribution >= 4 is 17.2 Å². The van der Waals surface area contributed by atoms with Crippen LogP contribution in [0.4, 0.5) is 13.2 Å². The van der Waals surface area contributed by atoms with Gasteiger partial charge >= 0.3 is 0 Å². The predicted octanol–water partition coefficient (Wildman–Crippen LogP) is 3.64. The quantitative estimate of drug-likeness (QED) is 0.775. The van der Waals surface area contributed by atoms with E-state index < -0.39 is 33.5 Å². The van der Waals surface area contributed by atoms with Crippen LogP contribution in [0.1, 0.15) is 38.3 Å². The SMILES string of the molecule is CC(C)(C)[S@@](=O)/N=C/c1cccc(C(F)F)c1F. The second-order valence-corrected chi connectivity index (χ2v) is 6.58. The fraction of sp³-hybridized carbons (Fsp3) is 0.417. The van der Waals surface area contributed by atoms with Crippen LogP contribution in [0.3, 0.4) is 0 Å². The van der Waals surface area contributed by atoms with Crippen molar-refractivity contribution < 1.29 is 17.4 Å². The standard InChI is InChI=1S/C12H14F3NOS/c1-12(2,3)18(17)16-7-8-5-4-6-9(10(8)13)11(14)15/h4-7,11H,1-3H3/b16-7+/t18-/m1/s1. The summed E-state index contributed by atoms with van der Waals surface area (Å²) in [5.74, 6) is -1.03. The minimum Gasteiger partial charge on any atom is -0.234 e. The molecule has 0 heterocycles. The number of hydrogen-bond acceptors (Lipinski definition) is 1. The molecule has 0 N–H and O–H groups in total. The maximum absolute atomic E-state index is 13.6. The summed E-state index contributed by atoms with van der Waals surface area (Å²) in [5.41, 5.74) is -0.772. The lowest BCUT2D eigenvalue weighted by atomic mass is 10.1. The molecule has 0 aromatic heterocycles. The van der Waals surface area contributed by atoms with Crippen molar-refractivity contribution in [1.82, 2.24) is 0 Å². The first kappa shape index (κ1) is 14.9. The summed E-state index contributed by atoms with van der Waals surface area (Å²) in [6.45, 7) is 5.14. The van der Waals surface area contributed by atoms with Gasteiger partial charge in [0.1, 0.15) is 16.8 Å². The number of alkyl halides is 2. The molecule has 100 valence electrons. The van der Waals surface area contributed by atoms with Gasteiger partial charge in [-0.2, -0.15) is 4.40 Å². The summed E-state index contributed by atoms with van der Waals surface area (Å²) < 4.78 is 53.2. The lowest BCUT2D eigenvalue weighted by Crippen LogP contribution is -2.19. The number of halogens is 3. The summed E-state index contributed by atoms with van der Waals surface area (Å²) in [4.78, 5) is 0. The largest absolute Gasteiger partial charge is 0.266 e. The van der Waals surface area contributed by atoms with Crippen LogP contribution >= 0.6 is 0 Å². The highest BCUT2D eigenvalue weighted by Gasteiger charge is 2.19. The third kappa shape index (κ3) is 3.66. The molecule has 0 radical (unpaired) electrons. The Bertz CT molecular complexity index is 481. The highest BCUT2D eigenvalue weighted by molar-refractivity contribution is 7.85. The maximum atomic E-state index is 13.6. The van der Waals surface area contributed by atoms with Gasteiger partial charge in [-0.1, -0.05) is 18.2 Å². The van der Waals surface area contributed by atoms with Gasteiger partial charge in [-0.05, 0) is 20.8 Å². The Hall–Kier alpha value is -1.17. The average Bonchev–Trinajstić information content (AvgIpc) is 2.25. The van der Waals surface area contributed by atoms with Gasteiger partial charge in [0.05, 0.1) is 10.3 Å². The highest BCUT2D eigenvalue weighted by Crippen LogP contribution is 2.23. The molecule has 0 unspecified atom stereocenters. The molecule has 0 saturated heterocycles. The third-order valence-corrected chi connectivity index (χ3v) is 3.45. The molecule has 1 rings (SSSR count). The maximum Gasteiger partial charge on any atom is 0.266 e. The molecular weight excluding hydrogens is 263 g/mol. The van der Waals surface area contributed by atoms with E-state index in [1.807, 2.05) is 0 Å². The van der Waals surface area contributed by atoms with Crippen molar-refractivity contribution in [3.05, 3.63) is 35.1 Å². The van der Waals surface area contributed by atoms with Crippen molar-refractivity contribution in [2.75, 3.05) is 0 Å². The van der Waals surface area contributed by atoms with Gasteiger partial charge in [-0.15, -0.1) is 0 Å². The Balaban J connectivity index is 3.03. The van der Waals surface area contributed by atoms with Crippen LogP contribution in [0.5, 0.6) is 0 Å². The molecule has 0 aliphatic carbocycles. The Labute approximate surface area is 107 Å². The summed E-state index contributed by atoms with van der Waals surface area (Å²) in [7, 11) is -1.55. The van der Waals surface area contributed by atoms with Crippen LogP contribution in [0.15, 0.2) is 22.6 Å². The first-order chi connectivity index (χ1) is 8.23. The Kier molecular flexibility index (Phi) is 4.67. The smallest absolute Gasteiger partial charge is 0.234 e. The van der Waals surface area contributed by atoms with E-state index >= 15 is 0 Å². The van der Waals surface area contributed by atoms with Crippen LogP contribution in [-0.4, -0.2) is 15.2 Å². The van der Waals surface area contributed by atoms with Gasteiger partial charge in [0.15, 0.2) is 0 Å². The number of rotatable bonds is 3. The molecule has 1 aromatic rings. The van der Waals surface area contributed by atoms with E-state index in [-0.39, 0.29) is 5.56 Å². The van der Waals surface area contributed by atoms with Crippen molar-refractivity contribution in [2.45, 2.75) is 31.9 Å². The van der Waals surface area contributed by atoms with Gasteiger partial charge in [-0.3, -0.25) is 0 Å². The van der Waals surface area contributed by atoms with Crippen molar-refractivity contribution in [1.29, 1.82) is 0 Å². The summed E-state index contributed by atoms with van der Waals surface area (Å²) in [5, 5.41) is 0. The van der Waals surface area contributed by atoms with Crippen LogP contribution < -0.4 is 0 Å². The molecule has 2 nitrogen and oxygen atoms in total. The zero-order valence-electron chi connectivity index (χ0n) is 10.3. The topological polar surface area (TPSA) is 29.4 Å². The molecule has 0 saturated carbocycles. The third-order valence-electron chi connectivity index (χ3n) is 2.10. The fourth-order valence-corrected chi connectivity index (χ4v) is 1.62. The Morgan fingerprint density at radius 2 is 1.94 bits per heavy atom. The predicted molar refractivity (Wildman–Crippen MR) is 66.8 cm³/mol. The molecule has 18 heavy (non-hydrogen) atoms. The molecule has 0 aliphatic heterocycles. The fourth-order valence-electron chi connectivity index (χ4n) is 1.10. The van der Waals surface area contributed by atoms with E-state index in [0.29, 0.717) is 0 Å². The lowest BCUT2D eigenvalue weighted by molar-refractivity contribution is 0.146. The Morgan fingerprint density at radius 3 is 2.44 bits per heavy atom.